The molecule has 0 bridgehead atoms. The van der Waals surface area contributed by atoms with Crippen LogP contribution in [-0.2, 0) is 6.42 Å². The first-order chi connectivity index (χ1) is 9.10. The average Bonchev–Trinajstić information content (AvgIpc) is 2.42. The van der Waals surface area contributed by atoms with Gasteiger partial charge >= 0.3 is 0 Å². The third kappa shape index (κ3) is 3.75. The standard InChI is InChI=1S/C14H15BrClN3/c1-2-10(17)8-11-5-6-18-14(19-11)9-3-4-13(16)12(15)7-9/h3-7,10H,2,8,17H2,1H3. The summed E-state index contributed by atoms with van der Waals surface area (Å²) in [5, 5.41) is 0.674. The van der Waals surface area contributed by atoms with Gasteiger partial charge in [0.1, 0.15) is 0 Å². The fraction of sp³-hybridized carbons (Fsp3) is 0.286. The minimum absolute atomic E-state index is 0.139. The van der Waals surface area contributed by atoms with Crippen molar-refractivity contribution in [3.63, 3.8) is 0 Å². The molecule has 0 saturated carbocycles. The summed E-state index contributed by atoms with van der Waals surface area (Å²) in [7, 11) is 0. The van der Waals surface area contributed by atoms with Crippen molar-refractivity contribution >= 4 is 27.5 Å². The van der Waals surface area contributed by atoms with E-state index in [1.54, 1.807) is 6.20 Å². The summed E-state index contributed by atoms with van der Waals surface area (Å²) in [6.07, 6.45) is 3.47. The molecule has 1 atom stereocenters. The van der Waals surface area contributed by atoms with Gasteiger partial charge in [0.05, 0.1) is 5.02 Å². The van der Waals surface area contributed by atoms with Crippen LogP contribution in [-0.4, -0.2) is 16.0 Å². The lowest BCUT2D eigenvalue weighted by Gasteiger charge is -2.09. The Balaban J connectivity index is 2.29. The van der Waals surface area contributed by atoms with Gasteiger partial charge in [-0.2, -0.15) is 0 Å². The Morgan fingerprint density at radius 2 is 2.16 bits per heavy atom. The van der Waals surface area contributed by atoms with Gasteiger partial charge in [0.25, 0.3) is 0 Å². The smallest absolute Gasteiger partial charge is 0.159 e. The highest BCUT2D eigenvalue weighted by Gasteiger charge is 2.07. The third-order valence-corrected chi connectivity index (χ3v) is 4.10. The molecule has 0 radical (unpaired) electrons. The SMILES string of the molecule is CCC(N)Cc1ccnc(-c2ccc(Cl)c(Br)c2)n1. The molecule has 0 fully saturated rings. The summed E-state index contributed by atoms with van der Waals surface area (Å²) >= 11 is 9.39. The predicted octanol–water partition coefficient (Wildman–Crippen LogP) is 3.84. The lowest BCUT2D eigenvalue weighted by Crippen LogP contribution is -2.22. The molecule has 2 N–H and O–H groups in total. The Labute approximate surface area is 126 Å². The number of nitrogens with two attached hydrogens (primary N) is 1. The number of halogens is 2. The van der Waals surface area contributed by atoms with E-state index in [1.807, 2.05) is 24.3 Å². The van der Waals surface area contributed by atoms with Crippen LogP contribution in [0.15, 0.2) is 34.9 Å². The van der Waals surface area contributed by atoms with Crippen molar-refractivity contribution in [2.24, 2.45) is 5.73 Å². The molecule has 3 nitrogen and oxygen atoms in total. The highest BCUT2D eigenvalue weighted by atomic mass is 79.9. The second-order valence-electron chi connectivity index (χ2n) is 4.37. The fourth-order valence-corrected chi connectivity index (χ4v) is 2.19. The van der Waals surface area contributed by atoms with Crippen molar-refractivity contribution in [2.45, 2.75) is 25.8 Å². The van der Waals surface area contributed by atoms with Crippen molar-refractivity contribution in [1.82, 2.24) is 9.97 Å². The van der Waals surface area contributed by atoms with Gasteiger partial charge in [-0.1, -0.05) is 18.5 Å². The van der Waals surface area contributed by atoms with Gasteiger partial charge < -0.3 is 5.73 Å². The molecule has 1 aromatic carbocycles. The van der Waals surface area contributed by atoms with E-state index in [2.05, 4.69) is 32.8 Å². The maximum Gasteiger partial charge on any atom is 0.159 e. The third-order valence-electron chi connectivity index (χ3n) is 2.89. The molecule has 100 valence electrons. The molecular formula is C14H15BrClN3. The first-order valence-electron chi connectivity index (χ1n) is 6.13. The second-order valence-corrected chi connectivity index (χ2v) is 5.63. The molecule has 0 spiro atoms. The predicted molar refractivity (Wildman–Crippen MR) is 82.1 cm³/mol. The monoisotopic (exact) mass is 339 g/mol. The Hall–Kier alpha value is -0.970. The van der Waals surface area contributed by atoms with Crippen LogP contribution in [0.5, 0.6) is 0 Å². The van der Waals surface area contributed by atoms with Crippen LogP contribution < -0.4 is 5.73 Å². The molecule has 0 aliphatic rings. The number of aromatic nitrogens is 2. The van der Waals surface area contributed by atoms with Crippen molar-refractivity contribution in [3.05, 3.63) is 45.7 Å². The minimum atomic E-state index is 0.139. The van der Waals surface area contributed by atoms with Crippen LogP contribution in [0.4, 0.5) is 0 Å². The van der Waals surface area contributed by atoms with Crippen molar-refractivity contribution in [1.29, 1.82) is 0 Å². The van der Waals surface area contributed by atoms with Gasteiger partial charge in [-0.15, -0.1) is 0 Å². The van der Waals surface area contributed by atoms with Gasteiger partial charge in [0, 0.05) is 34.4 Å². The molecule has 0 amide bonds. The van der Waals surface area contributed by atoms with E-state index < -0.39 is 0 Å². The van der Waals surface area contributed by atoms with E-state index in [9.17, 15) is 0 Å². The van der Waals surface area contributed by atoms with E-state index in [0.717, 1.165) is 28.6 Å². The van der Waals surface area contributed by atoms with E-state index in [0.29, 0.717) is 10.8 Å². The molecule has 0 aliphatic carbocycles. The Kier molecular flexibility index (Phi) is 4.91. The van der Waals surface area contributed by atoms with E-state index in [-0.39, 0.29) is 6.04 Å². The van der Waals surface area contributed by atoms with E-state index in [1.165, 1.54) is 0 Å². The number of hydrogen-bond acceptors (Lipinski definition) is 3. The molecule has 2 aromatic rings. The van der Waals surface area contributed by atoms with Crippen molar-refractivity contribution in [3.8, 4) is 11.4 Å². The van der Waals surface area contributed by atoms with Crippen LogP contribution >= 0.6 is 27.5 Å². The molecule has 1 heterocycles. The van der Waals surface area contributed by atoms with Crippen LogP contribution in [0.25, 0.3) is 11.4 Å². The highest BCUT2D eigenvalue weighted by Crippen LogP contribution is 2.27. The summed E-state index contributed by atoms with van der Waals surface area (Å²) in [4.78, 5) is 8.84. The largest absolute Gasteiger partial charge is 0.327 e. The van der Waals surface area contributed by atoms with Crippen LogP contribution in [0, 0.1) is 0 Å². The normalized spacial score (nSPS) is 12.4. The van der Waals surface area contributed by atoms with Crippen LogP contribution in [0.3, 0.4) is 0 Å². The Morgan fingerprint density at radius 1 is 1.37 bits per heavy atom. The summed E-state index contributed by atoms with van der Waals surface area (Å²) in [5.74, 6) is 0.693. The number of benzene rings is 1. The molecule has 1 unspecified atom stereocenters. The zero-order valence-corrected chi connectivity index (χ0v) is 12.9. The van der Waals surface area contributed by atoms with E-state index >= 15 is 0 Å². The molecule has 2 rings (SSSR count). The number of nitrogens with zero attached hydrogens (tertiary/aromatic N) is 2. The van der Waals surface area contributed by atoms with Gasteiger partial charge in [-0.3, -0.25) is 0 Å². The van der Waals surface area contributed by atoms with Gasteiger partial charge in [0.2, 0.25) is 0 Å². The lowest BCUT2D eigenvalue weighted by atomic mass is 10.1. The van der Waals surface area contributed by atoms with Crippen LogP contribution in [0.1, 0.15) is 19.0 Å². The van der Waals surface area contributed by atoms with E-state index in [4.69, 9.17) is 17.3 Å². The average molecular weight is 341 g/mol. The second kappa shape index (κ2) is 6.46. The Morgan fingerprint density at radius 3 is 2.84 bits per heavy atom. The zero-order chi connectivity index (χ0) is 13.8. The molecule has 1 aromatic heterocycles. The van der Waals surface area contributed by atoms with Gasteiger partial charge in [0.15, 0.2) is 5.82 Å². The highest BCUT2D eigenvalue weighted by molar-refractivity contribution is 9.10. The zero-order valence-electron chi connectivity index (χ0n) is 10.6. The number of rotatable bonds is 4. The molecule has 0 saturated heterocycles. The van der Waals surface area contributed by atoms with Crippen molar-refractivity contribution in [2.75, 3.05) is 0 Å². The summed E-state index contributed by atoms with van der Waals surface area (Å²) in [6, 6.07) is 7.70. The quantitative estimate of drug-likeness (QED) is 0.920. The maximum atomic E-state index is 5.98. The first-order valence-corrected chi connectivity index (χ1v) is 7.30. The lowest BCUT2D eigenvalue weighted by molar-refractivity contribution is 0.636. The maximum absolute atomic E-state index is 5.98. The molecular weight excluding hydrogens is 326 g/mol. The minimum Gasteiger partial charge on any atom is -0.327 e. The summed E-state index contributed by atoms with van der Waals surface area (Å²) in [6.45, 7) is 2.07. The fourth-order valence-electron chi connectivity index (χ4n) is 1.70. The first kappa shape index (κ1) is 14.4. The van der Waals surface area contributed by atoms with Crippen LogP contribution in [0.2, 0.25) is 5.02 Å². The topological polar surface area (TPSA) is 51.8 Å². The van der Waals surface area contributed by atoms with Crippen molar-refractivity contribution < 1.29 is 0 Å². The molecule has 19 heavy (non-hydrogen) atoms. The molecule has 0 aliphatic heterocycles. The summed E-state index contributed by atoms with van der Waals surface area (Å²) < 4.78 is 0.839. The summed E-state index contributed by atoms with van der Waals surface area (Å²) in [5.41, 5.74) is 7.85. The van der Waals surface area contributed by atoms with Gasteiger partial charge in [-0.05, 0) is 46.6 Å². The molecule has 5 heteroatoms. The van der Waals surface area contributed by atoms with Gasteiger partial charge in [-0.25, -0.2) is 9.97 Å². The Bertz CT molecular complexity index is 574. The number of hydrogen-bond donors (Lipinski definition) is 1.